The van der Waals surface area contributed by atoms with Gasteiger partial charge in [-0.05, 0) is 55.3 Å². The summed E-state index contributed by atoms with van der Waals surface area (Å²) >= 11 is 0. The third-order valence-electron chi connectivity index (χ3n) is 3.36. The summed E-state index contributed by atoms with van der Waals surface area (Å²) in [7, 11) is -9.26. The molecule has 0 radical (unpaired) electrons. The lowest BCUT2D eigenvalue weighted by Gasteiger charge is -2.06. The molecular weight excluding hydrogens is 370 g/mol. The van der Waals surface area contributed by atoms with Gasteiger partial charge in [-0.1, -0.05) is 0 Å². The molecule has 0 aliphatic heterocycles. The van der Waals surface area contributed by atoms with E-state index in [1.165, 1.54) is 0 Å². The van der Waals surface area contributed by atoms with E-state index >= 15 is 0 Å². The van der Waals surface area contributed by atoms with Crippen LogP contribution in [-0.4, -0.2) is 25.9 Å². The number of hydrogen-bond donors (Lipinski definition) is 3. The molecule has 0 amide bonds. The van der Waals surface area contributed by atoms with Crippen molar-refractivity contribution in [3.05, 3.63) is 41.5 Å². The third kappa shape index (κ3) is 4.39. The summed E-state index contributed by atoms with van der Waals surface area (Å²) in [6, 6.07) is 5.71. The van der Waals surface area contributed by atoms with Gasteiger partial charge in [0.2, 0.25) is 0 Å². The first-order valence-electron chi connectivity index (χ1n) is 6.77. The average Bonchev–Trinajstić information content (AvgIpc) is 2.47. The normalized spacial score (nSPS) is 12.6. The highest BCUT2D eigenvalue weighted by Crippen LogP contribution is 2.31. The van der Waals surface area contributed by atoms with Crippen molar-refractivity contribution >= 4 is 37.3 Å². The van der Waals surface area contributed by atoms with Crippen LogP contribution in [0.1, 0.15) is 11.1 Å². The highest BCUT2D eigenvalue weighted by Gasteiger charge is 2.19. The van der Waals surface area contributed by atoms with Crippen LogP contribution in [-0.2, 0) is 20.2 Å². The molecule has 0 bridgehead atoms. The van der Waals surface area contributed by atoms with Gasteiger partial charge in [0.1, 0.15) is 10.6 Å². The van der Waals surface area contributed by atoms with Crippen molar-refractivity contribution in [2.24, 2.45) is 10.2 Å². The molecule has 2 rings (SSSR count). The van der Waals surface area contributed by atoms with E-state index in [0.29, 0.717) is 16.9 Å². The van der Waals surface area contributed by atoms with E-state index in [-0.39, 0.29) is 0 Å². The Kier molecular flexibility index (Phi) is 4.95. The van der Waals surface area contributed by atoms with Gasteiger partial charge in [-0.2, -0.15) is 21.9 Å². The van der Waals surface area contributed by atoms with Gasteiger partial charge in [-0.25, -0.2) is 0 Å². The topological polar surface area (TPSA) is 159 Å². The first-order chi connectivity index (χ1) is 11.4. The van der Waals surface area contributed by atoms with Crippen molar-refractivity contribution in [2.45, 2.75) is 23.6 Å². The Morgan fingerprint density at radius 3 is 2.00 bits per heavy atom. The Hall–Kier alpha value is -2.34. The Balaban J connectivity index is 2.63. The molecule has 0 saturated carbocycles. The fourth-order valence-corrected chi connectivity index (χ4v) is 3.10. The molecule has 9 nitrogen and oxygen atoms in total. The Morgan fingerprint density at radius 2 is 1.44 bits per heavy atom. The van der Waals surface area contributed by atoms with Gasteiger partial charge >= 0.3 is 0 Å². The van der Waals surface area contributed by atoms with Crippen molar-refractivity contribution < 1.29 is 25.9 Å². The summed E-state index contributed by atoms with van der Waals surface area (Å²) in [5.41, 5.74) is 7.63. The van der Waals surface area contributed by atoms with Crippen LogP contribution in [0, 0.1) is 13.8 Å². The van der Waals surface area contributed by atoms with Crippen LogP contribution < -0.4 is 5.73 Å². The van der Waals surface area contributed by atoms with Crippen LogP contribution in [0.15, 0.2) is 50.4 Å². The summed E-state index contributed by atoms with van der Waals surface area (Å²) < 4.78 is 63.6. The van der Waals surface area contributed by atoms with Gasteiger partial charge in [0.15, 0.2) is 0 Å². The zero-order valence-electron chi connectivity index (χ0n) is 13.2. The second kappa shape index (κ2) is 6.52. The molecule has 4 N–H and O–H groups in total. The third-order valence-corrected chi connectivity index (χ3v) is 5.11. The van der Waals surface area contributed by atoms with Crippen LogP contribution in [0.4, 0.5) is 17.1 Å². The summed E-state index contributed by atoms with van der Waals surface area (Å²) in [6.07, 6.45) is 0. The van der Waals surface area contributed by atoms with E-state index in [9.17, 15) is 21.4 Å². The minimum Gasteiger partial charge on any atom is -0.399 e. The number of azo groups is 1. The number of aryl methyl sites for hydroxylation is 2. The number of rotatable bonds is 4. The molecule has 0 saturated heterocycles. The zero-order chi connectivity index (χ0) is 19.0. The van der Waals surface area contributed by atoms with E-state index in [4.69, 9.17) is 10.3 Å². The lowest BCUT2D eigenvalue weighted by molar-refractivity contribution is 0.478. The minimum absolute atomic E-state index is 0.380. The van der Waals surface area contributed by atoms with Gasteiger partial charge in [0.25, 0.3) is 20.2 Å². The first kappa shape index (κ1) is 19.0. The summed E-state index contributed by atoms with van der Waals surface area (Å²) in [5.74, 6) is 0. The van der Waals surface area contributed by atoms with E-state index in [2.05, 4.69) is 10.2 Å². The van der Waals surface area contributed by atoms with Gasteiger partial charge in [-0.3, -0.25) is 9.11 Å². The van der Waals surface area contributed by atoms with E-state index < -0.39 is 35.7 Å². The molecule has 0 fully saturated rings. The number of hydrogen-bond acceptors (Lipinski definition) is 7. The lowest BCUT2D eigenvalue weighted by Crippen LogP contribution is -2.02. The molecule has 0 aromatic heterocycles. The maximum absolute atomic E-state index is 11.4. The van der Waals surface area contributed by atoms with Gasteiger partial charge in [0, 0.05) is 5.69 Å². The Labute approximate surface area is 144 Å². The number of nitrogens with zero attached hydrogens (tertiary/aromatic N) is 2. The highest BCUT2D eigenvalue weighted by molar-refractivity contribution is 7.86. The van der Waals surface area contributed by atoms with Gasteiger partial charge in [0.05, 0.1) is 10.6 Å². The molecule has 134 valence electrons. The molecule has 25 heavy (non-hydrogen) atoms. The molecule has 11 heteroatoms. The van der Waals surface area contributed by atoms with Crippen molar-refractivity contribution in [3.8, 4) is 0 Å². The fraction of sp³-hybridized carbons (Fsp3) is 0.143. The van der Waals surface area contributed by atoms with Crippen molar-refractivity contribution in [1.82, 2.24) is 0 Å². The predicted molar refractivity (Wildman–Crippen MR) is 90.6 cm³/mol. The first-order valence-corrected chi connectivity index (χ1v) is 9.65. The number of benzene rings is 2. The molecule has 0 spiro atoms. The summed E-state index contributed by atoms with van der Waals surface area (Å²) in [5, 5.41) is 7.61. The summed E-state index contributed by atoms with van der Waals surface area (Å²) in [6.45, 7) is 3.46. The standard InChI is InChI=1S/C14H15N3O6S2/c1-8-6-12(9(2)5-11(8)15)16-17-13-7-10(24(18,19)20)3-4-14(13)25(21,22)23/h3-7H,15H2,1-2H3,(H,18,19,20)(H,21,22,23). The van der Waals surface area contributed by atoms with Crippen molar-refractivity contribution in [3.63, 3.8) is 0 Å². The molecule has 2 aromatic carbocycles. The highest BCUT2D eigenvalue weighted by atomic mass is 32.2. The van der Waals surface area contributed by atoms with Crippen LogP contribution >= 0.6 is 0 Å². The van der Waals surface area contributed by atoms with Crippen LogP contribution in [0.2, 0.25) is 0 Å². The molecule has 0 aliphatic carbocycles. The zero-order valence-corrected chi connectivity index (χ0v) is 14.8. The second-order valence-electron chi connectivity index (χ2n) is 5.27. The number of nitrogen functional groups attached to an aromatic ring is 1. The Morgan fingerprint density at radius 1 is 0.840 bits per heavy atom. The Bertz CT molecular complexity index is 1080. The molecule has 0 atom stereocenters. The molecule has 0 unspecified atom stereocenters. The maximum Gasteiger partial charge on any atom is 0.296 e. The van der Waals surface area contributed by atoms with Crippen molar-refractivity contribution in [2.75, 3.05) is 5.73 Å². The van der Waals surface area contributed by atoms with E-state index in [1.807, 2.05) is 0 Å². The monoisotopic (exact) mass is 385 g/mol. The van der Waals surface area contributed by atoms with E-state index in [0.717, 1.165) is 23.8 Å². The average molecular weight is 385 g/mol. The predicted octanol–water partition coefficient (Wildman–Crippen LogP) is 2.79. The largest absolute Gasteiger partial charge is 0.399 e. The lowest BCUT2D eigenvalue weighted by atomic mass is 10.1. The SMILES string of the molecule is Cc1cc(N=Nc2cc(S(=O)(=O)O)ccc2S(=O)(=O)O)c(C)cc1N. The number of nitrogens with two attached hydrogens (primary N) is 1. The van der Waals surface area contributed by atoms with Gasteiger partial charge in [-0.15, -0.1) is 5.11 Å². The van der Waals surface area contributed by atoms with Crippen LogP contribution in [0.25, 0.3) is 0 Å². The molecule has 0 aliphatic rings. The maximum atomic E-state index is 11.4. The minimum atomic E-state index is -4.68. The van der Waals surface area contributed by atoms with Crippen molar-refractivity contribution in [1.29, 1.82) is 0 Å². The van der Waals surface area contributed by atoms with E-state index in [1.54, 1.807) is 26.0 Å². The molecular formula is C14H15N3O6S2. The smallest absolute Gasteiger partial charge is 0.296 e. The van der Waals surface area contributed by atoms with Crippen LogP contribution in [0.5, 0.6) is 0 Å². The molecule has 2 aromatic rings. The van der Waals surface area contributed by atoms with Gasteiger partial charge < -0.3 is 5.73 Å². The number of anilines is 1. The van der Waals surface area contributed by atoms with Crippen LogP contribution in [0.3, 0.4) is 0 Å². The summed E-state index contributed by atoms with van der Waals surface area (Å²) in [4.78, 5) is -1.23. The molecule has 0 heterocycles. The fourth-order valence-electron chi connectivity index (χ4n) is 1.99. The quantitative estimate of drug-likeness (QED) is 0.414. The second-order valence-corrected chi connectivity index (χ2v) is 8.09.